The molecule has 452 valence electrons. The van der Waals surface area contributed by atoms with Gasteiger partial charge in [0.1, 0.15) is 36.8 Å². The fourth-order valence-electron chi connectivity index (χ4n) is 10.6. The van der Waals surface area contributed by atoms with Crippen LogP contribution in [0.25, 0.3) is 0 Å². The first-order valence-electron chi connectivity index (χ1n) is 32.0. The second kappa shape index (κ2) is 44.3. The number of nitrogens with one attached hydrogen (secondary N) is 1. The minimum atomic E-state index is -1.46. The number of ether oxygens (including phenoxy) is 7. The van der Waals surface area contributed by atoms with Gasteiger partial charge in [-0.1, -0.05) is 243 Å². The van der Waals surface area contributed by atoms with Crippen LogP contribution >= 0.6 is 0 Å². The Kier molecular flexibility index (Phi) is 37.8. The number of aliphatic hydroxyl groups excluding tert-OH is 1. The number of benzene rings is 2. The maximum Gasteiger partial charge on any atom is 0.338 e. The molecule has 2 aliphatic heterocycles. The number of methoxy groups -OCH3 is 1. The van der Waals surface area contributed by atoms with Gasteiger partial charge >= 0.3 is 17.9 Å². The van der Waals surface area contributed by atoms with Crippen molar-refractivity contribution in [3.8, 4) is 5.75 Å². The van der Waals surface area contributed by atoms with Gasteiger partial charge in [-0.2, -0.15) is 0 Å². The van der Waals surface area contributed by atoms with Crippen LogP contribution in [0, 0.1) is 0 Å². The number of hydrogen-bond acceptors (Lipinski definition) is 12. The first-order valence-corrected chi connectivity index (χ1v) is 32.0. The van der Waals surface area contributed by atoms with Crippen molar-refractivity contribution in [2.75, 3.05) is 20.3 Å². The minimum Gasteiger partial charge on any atom is -0.497 e. The van der Waals surface area contributed by atoms with Crippen LogP contribution in [0.3, 0.4) is 0 Å². The van der Waals surface area contributed by atoms with Crippen LogP contribution in [-0.2, 0) is 49.4 Å². The maximum absolute atomic E-state index is 13.9. The Morgan fingerprint density at radius 3 is 1.64 bits per heavy atom. The minimum absolute atomic E-state index is 0.00447. The largest absolute Gasteiger partial charge is 0.497 e. The smallest absolute Gasteiger partial charge is 0.338 e. The molecule has 0 spiro atoms. The molecule has 0 aliphatic carbocycles. The predicted octanol–water partition coefficient (Wildman–Crippen LogP) is 15.5. The normalized spacial score (nSPS) is 20.9. The summed E-state index contributed by atoms with van der Waals surface area (Å²) in [5.74, 6) is -1.59. The Labute approximate surface area is 483 Å². The lowest BCUT2D eigenvalue weighted by molar-refractivity contribution is -0.310. The Morgan fingerprint density at radius 1 is 0.613 bits per heavy atom. The third-order valence-electron chi connectivity index (χ3n) is 15.7. The van der Waals surface area contributed by atoms with Crippen LogP contribution in [0.1, 0.15) is 261 Å². The standard InChI is InChI=1S/C67H107NO12/c1-4-6-8-10-12-14-16-18-19-20-21-22-23-24-25-27-29-31-33-35-40-44-60(69)68-57-52-77-67-65(80-66(73)55-41-37-36-38-42-55)64(76-51-54-45-47-56(74-3)48-46-54)63(72)59(79-67)53-75-61(70)49-50-62(71)78-58(57)43-39-34-32-30-28-26-17-15-13-11-9-7-5-2/h36-39,41-43,45-48,57-59,63-65,67,72H,4-35,40,44,49-53H2,1-3H3,(H,68,69)/b43-39+/t57?,58-,59-,63+,64+,65-,67-/m1/s1. The van der Waals surface area contributed by atoms with Crippen molar-refractivity contribution in [2.45, 2.75) is 294 Å². The van der Waals surface area contributed by atoms with E-state index in [-0.39, 0.29) is 43.9 Å². The van der Waals surface area contributed by atoms with E-state index in [0.29, 0.717) is 12.2 Å². The van der Waals surface area contributed by atoms with Gasteiger partial charge in [-0.15, -0.1) is 0 Å². The van der Waals surface area contributed by atoms with E-state index in [1.165, 1.54) is 161 Å². The molecule has 1 amide bonds. The predicted molar refractivity (Wildman–Crippen MR) is 317 cm³/mol. The molecule has 2 fully saturated rings. The van der Waals surface area contributed by atoms with Crippen LogP contribution in [0.5, 0.6) is 5.75 Å². The molecule has 13 heteroatoms. The monoisotopic (exact) mass is 1120 g/mol. The topological polar surface area (TPSA) is 165 Å². The Bertz CT molecular complexity index is 1930. The van der Waals surface area contributed by atoms with Gasteiger partial charge in [0, 0.05) is 6.42 Å². The number of carbonyl (C=O) groups excluding carboxylic acids is 4. The number of amides is 1. The van der Waals surface area contributed by atoms with Gasteiger partial charge in [-0.25, -0.2) is 4.79 Å². The van der Waals surface area contributed by atoms with Crippen LogP contribution in [0.4, 0.5) is 0 Å². The Balaban J connectivity index is 1.38. The number of allylic oxidation sites excluding steroid dienone is 1. The molecular weight excluding hydrogens is 1010 g/mol. The second-order valence-corrected chi connectivity index (χ2v) is 22.6. The summed E-state index contributed by atoms with van der Waals surface area (Å²) in [6, 6.07) is 14.8. The van der Waals surface area contributed by atoms with E-state index < -0.39 is 67.4 Å². The summed E-state index contributed by atoms with van der Waals surface area (Å²) in [5.41, 5.74) is 1.01. The van der Waals surface area contributed by atoms with Crippen molar-refractivity contribution in [3.05, 3.63) is 77.9 Å². The lowest BCUT2D eigenvalue weighted by Crippen LogP contribution is -2.62. The summed E-state index contributed by atoms with van der Waals surface area (Å²) in [5, 5.41) is 15.0. The molecule has 80 heavy (non-hydrogen) atoms. The lowest BCUT2D eigenvalue weighted by atomic mass is 9.98. The van der Waals surface area contributed by atoms with Crippen molar-refractivity contribution in [3.63, 3.8) is 0 Å². The van der Waals surface area contributed by atoms with E-state index in [0.717, 1.165) is 50.5 Å². The Hall–Kier alpha value is -4.30. The number of unbranched alkanes of at least 4 members (excludes halogenated alkanes) is 31. The van der Waals surface area contributed by atoms with Crippen molar-refractivity contribution in [1.82, 2.24) is 5.32 Å². The zero-order chi connectivity index (χ0) is 57.1. The number of rotatable bonds is 42. The molecule has 2 aliphatic rings. The van der Waals surface area contributed by atoms with Crippen molar-refractivity contribution in [2.24, 2.45) is 0 Å². The molecule has 0 aromatic heterocycles. The van der Waals surface area contributed by atoms with Gasteiger partial charge in [0.2, 0.25) is 5.91 Å². The van der Waals surface area contributed by atoms with E-state index in [9.17, 15) is 24.3 Å². The van der Waals surface area contributed by atoms with Crippen LogP contribution in [-0.4, -0.2) is 92.1 Å². The number of carbonyl (C=O) groups is 4. The maximum atomic E-state index is 13.9. The molecule has 2 aromatic carbocycles. The van der Waals surface area contributed by atoms with Gasteiger partial charge in [0.05, 0.1) is 44.8 Å². The number of hydrogen-bond donors (Lipinski definition) is 2. The van der Waals surface area contributed by atoms with Gasteiger partial charge in [-0.05, 0) is 55.2 Å². The SMILES string of the molecule is CCCCCCCCCCCCC/C=C/[C@H]1OC(=O)CCC(=O)OC[C@H]2O[C@@H](OCC1NC(=O)CCCCCCCCCCCCCCCCCCCCCCC)[C@H](OC(=O)c1ccccc1)[C@@H](OCc1ccc(OC)cc1)[C@H]2O. The highest BCUT2D eigenvalue weighted by Crippen LogP contribution is 2.30. The Morgan fingerprint density at radius 2 is 1.11 bits per heavy atom. The molecule has 1 unspecified atom stereocenters. The van der Waals surface area contributed by atoms with Gasteiger partial charge in [0.25, 0.3) is 0 Å². The lowest BCUT2D eigenvalue weighted by Gasteiger charge is -2.44. The number of cyclic esters (lactones) is 2. The summed E-state index contributed by atoms with van der Waals surface area (Å²) >= 11 is 0. The van der Waals surface area contributed by atoms with E-state index in [1.54, 1.807) is 55.7 Å². The average molecular weight is 1120 g/mol. The molecule has 13 nitrogen and oxygen atoms in total. The second-order valence-electron chi connectivity index (χ2n) is 22.6. The summed E-state index contributed by atoms with van der Waals surface area (Å²) in [6.07, 6.45) is 37.0. The van der Waals surface area contributed by atoms with E-state index in [1.807, 2.05) is 18.2 Å². The molecule has 7 atom stereocenters. The van der Waals surface area contributed by atoms with Crippen molar-refractivity contribution >= 4 is 23.8 Å². The number of esters is 3. The third-order valence-corrected chi connectivity index (χ3v) is 15.7. The van der Waals surface area contributed by atoms with Gasteiger partial charge in [0.15, 0.2) is 12.4 Å². The number of aliphatic hydroxyl groups is 1. The molecule has 2 heterocycles. The zero-order valence-corrected chi connectivity index (χ0v) is 49.9. The highest BCUT2D eigenvalue weighted by atomic mass is 16.7. The van der Waals surface area contributed by atoms with Crippen LogP contribution in [0.2, 0.25) is 0 Å². The van der Waals surface area contributed by atoms with Crippen LogP contribution in [0.15, 0.2) is 66.7 Å². The molecule has 0 radical (unpaired) electrons. The summed E-state index contributed by atoms with van der Waals surface area (Å²) < 4.78 is 42.4. The average Bonchev–Trinajstić information content (AvgIpc) is 3.47. The fourth-order valence-corrected chi connectivity index (χ4v) is 10.6. The highest BCUT2D eigenvalue weighted by molar-refractivity contribution is 5.89. The van der Waals surface area contributed by atoms with Gasteiger partial charge in [-0.3, -0.25) is 14.4 Å². The van der Waals surface area contributed by atoms with Crippen molar-refractivity contribution < 1.29 is 57.4 Å². The quantitative estimate of drug-likeness (QED) is 0.0280. The molecule has 2 saturated heterocycles. The molecule has 4 rings (SSSR count). The zero-order valence-electron chi connectivity index (χ0n) is 49.9. The molecule has 0 saturated carbocycles. The highest BCUT2D eigenvalue weighted by Gasteiger charge is 2.50. The van der Waals surface area contributed by atoms with E-state index in [2.05, 4.69) is 19.2 Å². The molecule has 2 aromatic rings. The van der Waals surface area contributed by atoms with E-state index >= 15 is 0 Å². The molecular formula is C67H107NO12. The number of fused-ring (bicyclic) bond motifs is 2. The molecule has 2 bridgehead atoms. The first-order chi connectivity index (χ1) is 39.2. The van der Waals surface area contributed by atoms with Gasteiger partial charge < -0.3 is 43.6 Å². The molecule has 2 N–H and O–H groups in total. The third kappa shape index (κ3) is 30.1. The fraction of sp³-hybridized carbons (Fsp3) is 0.731. The van der Waals surface area contributed by atoms with E-state index in [4.69, 9.17) is 33.2 Å². The summed E-state index contributed by atoms with van der Waals surface area (Å²) in [7, 11) is 1.58. The van der Waals surface area contributed by atoms with Crippen LogP contribution < -0.4 is 10.1 Å². The van der Waals surface area contributed by atoms with Crippen molar-refractivity contribution in [1.29, 1.82) is 0 Å². The first kappa shape index (κ1) is 68.2. The summed E-state index contributed by atoms with van der Waals surface area (Å²) in [4.78, 5) is 54.4. The summed E-state index contributed by atoms with van der Waals surface area (Å²) in [6.45, 7) is 3.89.